The van der Waals surface area contributed by atoms with Crippen molar-refractivity contribution in [2.45, 2.75) is 7.43 Å². The topological polar surface area (TPSA) is 213 Å². The molecule has 0 aliphatic carbocycles. The second-order valence-corrected chi connectivity index (χ2v) is 49.2. The lowest BCUT2D eigenvalue weighted by Gasteiger charge is -2.24. The van der Waals surface area contributed by atoms with Crippen molar-refractivity contribution in [1.29, 1.82) is 0 Å². The maximum Gasteiger partial charge on any atom is 0.257 e. The fourth-order valence-electron chi connectivity index (χ4n) is 13.1. The van der Waals surface area contributed by atoms with E-state index in [1.807, 2.05) is 108 Å². The van der Waals surface area contributed by atoms with Crippen molar-refractivity contribution < 1.29 is 22.1 Å². The van der Waals surface area contributed by atoms with Crippen LogP contribution in [-0.2, 0) is 160 Å². The zero-order valence-electron chi connectivity index (χ0n) is 59.0. The van der Waals surface area contributed by atoms with E-state index in [0.717, 1.165) is 130 Å². The first-order chi connectivity index (χ1) is 57.6. The van der Waals surface area contributed by atoms with Crippen molar-refractivity contribution in [3.63, 3.8) is 0 Å². The molecule has 0 bridgehead atoms. The molecule has 12 aromatic carbocycles. The third-order valence-electron chi connectivity index (χ3n) is 18.0. The Bertz CT molecular complexity index is 7800. The number of halogens is 2. The molecule has 0 atom stereocenters. The van der Waals surface area contributed by atoms with E-state index < -0.39 is 0 Å². The molecule has 118 heavy (non-hydrogen) atoms. The van der Waals surface area contributed by atoms with Gasteiger partial charge in [-0.1, -0.05) is 153 Å². The number of fused-ring (bicyclic) bond motifs is 18. The van der Waals surface area contributed by atoms with Gasteiger partial charge in [0.15, 0.2) is 39.1 Å². The van der Waals surface area contributed by atoms with Gasteiger partial charge in [-0.3, -0.25) is 9.80 Å². The minimum absolute atomic E-state index is 0. The predicted molar refractivity (Wildman–Crippen MR) is 533 cm³/mol. The highest BCUT2D eigenvalue weighted by molar-refractivity contribution is 9.10. The third kappa shape index (κ3) is 18.5. The smallest absolute Gasteiger partial charge is 0.257 e. The molecule has 0 aliphatic rings. The molecule has 0 saturated carbocycles. The van der Waals surface area contributed by atoms with Gasteiger partial charge in [-0.2, -0.15) is 9.97 Å². The van der Waals surface area contributed by atoms with E-state index >= 15 is 0 Å². The van der Waals surface area contributed by atoms with Crippen molar-refractivity contribution in [2.24, 2.45) is 0 Å². The Kier molecular flexibility index (Phi) is 27.1. The Morgan fingerprint density at radius 3 is 1.19 bits per heavy atom. The van der Waals surface area contributed by atoms with Gasteiger partial charge < -0.3 is 27.4 Å². The van der Waals surface area contributed by atoms with Crippen molar-refractivity contribution >= 4 is 381 Å². The molecule has 37 heteroatoms. The van der Waals surface area contributed by atoms with Gasteiger partial charge in [0.2, 0.25) is 4.73 Å². The van der Waals surface area contributed by atoms with Gasteiger partial charge in [-0.15, -0.1) is 40.8 Å². The molecular formula is C81H49Br2N13O5S17. The lowest BCUT2D eigenvalue weighted by Crippen LogP contribution is -2.14. The van der Waals surface area contributed by atoms with Crippen LogP contribution in [0.5, 0.6) is 0 Å². The Balaban J connectivity index is 0.000000148. The van der Waals surface area contributed by atoms with Crippen LogP contribution in [0.2, 0.25) is 0 Å². The number of anilines is 8. The summed E-state index contributed by atoms with van der Waals surface area (Å²) in [6.07, 6.45) is 0. The highest BCUT2D eigenvalue weighted by Gasteiger charge is 2.25. The minimum atomic E-state index is 0. The number of rotatable bonds is 8. The number of furan rings is 5. The second kappa shape index (κ2) is 38.8. The summed E-state index contributed by atoms with van der Waals surface area (Å²) in [5.74, 6) is 0.866. The number of aromatic nitrogens is 10. The lowest BCUT2D eigenvalue weighted by atomic mass is 10.1. The monoisotopic (exact) mass is 1980 g/mol. The van der Waals surface area contributed by atoms with E-state index in [4.69, 9.17) is 64.7 Å². The summed E-state index contributed by atoms with van der Waals surface area (Å²) < 4.78 is 31.6. The van der Waals surface area contributed by atoms with Crippen molar-refractivity contribution in [2.75, 3.05) is 15.1 Å². The number of benzene rings is 12. The molecule has 0 saturated heterocycles. The normalized spacial score (nSPS) is 10.9. The molecule has 21 aromatic rings. The maximum absolute atomic E-state index is 6.53. The molecule has 9 heterocycles. The van der Waals surface area contributed by atoms with E-state index in [2.05, 4.69) is 253 Å². The summed E-state index contributed by atoms with van der Waals surface area (Å²) in [5, 5.41) is 51.2. The number of hydrogen-bond donors (Lipinski definition) is 1. The van der Waals surface area contributed by atoms with Crippen LogP contribution < -0.4 is 15.1 Å². The molecule has 21 rings (SSSR count). The summed E-state index contributed by atoms with van der Waals surface area (Å²) >= 11 is 24.0. The van der Waals surface area contributed by atoms with Crippen LogP contribution in [0, 0.1) is 0 Å². The third-order valence-corrected chi connectivity index (χ3v) is 43.2. The van der Waals surface area contributed by atoms with Gasteiger partial charge in [0.25, 0.3) is 17.4 Å². The average molecular weight is 1990 g/mol. The first-order valence-electron chi connectivity index (χ1n) is 34.3. The van der Waals surface area contributed by atoms with Crippen molar-refractivity contribution in [3.05, 3.63) is 276 Å². The highest BCUT2D eigenvalue weighted by atomic mass is 79.9. The number of hydrogen-bond acceptors (Lipinski definition) is 22. The fourth-order valence-corrected chi connectivity index (χ4v) is 41.1. The van der Waals surface area contributed by atoms with Gasteiger partial charge in [-0.25, -0.2) is 0 Å². The molecular weight excluding hydrogens is 1940 g/mol. The zero-order chi connectivity index (χ0) is 79.6. The lowest BCUT2D eigenvalue weighted by molar-refractivity contribution is 0.646. The molecule has 0 fully saturated rings. The van der Waals surface area contributed by atoms with Crippen LogP contribution in [-0.4, -0.2) is 50.8 Å². The second-order valence-electron chi connectivity index (χ2n) is 24.7. The van der Waals surface area contributed by atoms with E-state index in [9.17, 15) is 0 Å². The molecule has 584 valence electrons. The summed E-state index contributed by atoms with van der Waals surface area (Å²) in [6, 6.07) is 90.4. The van der Waals surface area contributed by atoms with Gasteiger partial charge >= 0.3 is 0 Å². The SMILES string of the molecule is Brc1cc2oc3nc(Br)nnc3c2nn1.C.S=S=S.S=S=S=S=S=S=S=S=S=S=S=S=S=S.c1ccc2cc(N(c3ccc4c(c3)oc3ccccc34)c3cc4oc5nc(N(c6ccc7ccccc7c6)c6ccc7c(c6)oc6ccccc67)nnc5c4nn3)ccc2c1.c1ccc2cc(Nc3ccc4c(c3)oc3ccccc34)ccc2c1. The van der Waals surface area contributed by atoms with Gasteiger partial charge in [-0.05, 0) is 155 Å². The molecule has 0 amide bonds. The predicted octanol–water partition coefficient (Wildman–Crippen LogP) is 22.8. The van der Waals surface area contributed by atoms with Gasteiger partial charge in [0.05, 0.1) is 11.4 Å². The standard InChI is InChI=1S/C51H29N7O3.C22H15NO.C7HBr2N5O.CH4.S14.S3/c1-3-11-32-25-34(19-17-30(32)9-1)57(36-21-23-40-38-13-5-7-15-42(38)59-44(40)27-36)47-29-46-48(54-53-47)49-50(61-46)52-51(56-55-49)58(35-20-18-31-10-2-4-12-33(31)26-35)37-22-24-41-39-14-6-8-16-43(39)60-45(41)28-37;1-2-6-16-13-17(10-9-15(16)5-1)23-18-11-12-20-19-7-3-4-8-21(19)24-22(20)14-18;8-3-1-2-4(12-11-3)5-6(15-2)10-7(9)14-13-5;;1-3-5-7-9-11-13-14-12-10-8-6-4-2;1-3-2/h1-29H;1-14,23H;1H;1H4;;. The highest BCUT2D eigenvalue weighted by Crippen LogP contribution is 2.43. The van der Waals surface area contributed by atoms with Crippen LogP contribution in [0.4, 0.5) is 45.9 Å². The quantitative estimate of drug-likeness (QED) is 0.150. The number of para-hydroxylation sites is 3. The zero-order valence-corrected chi connectivity index (χ0v) is 76.1. The van der Waals surface area contributed by atoms with Gasteiger partial charge in [0.1, 0.15) is 38.1 Å². The summed E-state index contributed by atoms with van der Waals surface area (Å²) in [7, 11) is 20.8. The Morgan fingerprint density at radius 1 is 0.288 bits per heavy atom. The van der Waals surface area contributed by atoms with E-state index in [1.54, 1.807) is 94.9 Å². The van der Waals surface area contributed by atoms with E-state index in [0.29, 0.717) is 60.0 Å². The van der Waals surface area contributed by atoms with Crippen LogP contribution in [0.3, 0.4) is 0 Å². The Labute approximate surface area is 743 Å². The summed E-state index contributed by atoms with van der Waals surface area (Å²) in [5.41, 5.74) is 14.1. The van der Waals surface area contributed by atoms with Gasteiger partial charge in [0, 0.05) is 246 Å². The Hall–Kier alpha value is -9.30. The summed E-state index contributed by atoms with van der Waals surface area (Å²) in [4.78, 5) is 13.1. The molecule has 18 nitrogen and oxygen atoms in total. The first-order valence-corrected chi connectivity index (χ1v) is 55.9. The largest absolute Gasteiger partial charge is 0.456 e. The van der Waals surface area contributed by atoms with E-state index in [-0.39, 0.29) is 13.1 Å². The molecule has 9 aromatic heterocycles. The first kappa shape index (κ1) is 82.4. The summed E-state index contributed by atoms with van der Waals surface area (Å²) in [6.45, 7) is 0. The minimum Gasteiger partial charge on any atom is -0.456 e. The number of nitrogens with one attached hydrogen (secondary N) is 1. The fraction of sp³-hybridized carbons (Fsp3) is 0.0123. The van der Waals surface area contributed by atoms with Crippen LogP contribution in [0.25, 0.3) is 143 Å². The number of nitrogens with zero attached hydrogens (tertiary/aromatic N) is 12. The maximum atomic E-state index is 6.53. The van der Waals surface area contributed by atoms with Crippen LogP contribution in [0.1, 0.15) is 7.43 Å². The van der Waals surface area contributed by atoms with Crippen molar-refractivity contribution in [3.8, 4) is 0 Å². The van der Waals surface area contributed by atoms with Crippen LogP contribution in [0.15, 0.2) is 298 Å². The average Bonchev–Trinajstić information content (AvgIpc) is 1.59. The van der Waals surface area contributed by atoms with Crippen LogP contribution >= 0.6 is 31.9 Å². The molecule has 0 unspecified atom stereocenters. The molecule has 0 radical (unpaired) electrons. The molecule has 0 aliphatic heterocycles. The van der Waals surface area contributed by atoms with Crippen molar-refractivity contribution in [1.82, 2.24) is 50.8 Å². The molecule has 0 spiro atoms. The Morgan fingerprint density at radius 2 is 0.661 bits per heavy atom. The molecule has 1 N–H and O–H groups in total. The van der Waals surface area contributed by atoms with E-state index in [1.165, 1.54) is 28.5 Å².